The summed E-state index contributed by atoms with van der Waals surface area (Å²) in [5.74, 6) is -0.644. The molecule has 0 saturated heterocycles. The third kappa shape index (κ3) is 5.90. The van der Waals surface area contributed by atoms with Crippen LogP contribution < -0.4 is 10.2 Å². The van der Waals surface area contributed by atoms with E-state index in [9.17, 15) is 9.59 Å². The monoisotopic (exact) mass is 490 g/mol. The second-order valence-electron chi connectivity index (χ2n) is 5.80. The Hall–Kier alpha value is -2.67. The molecule has 0 radical (unpaired) electrons. The molecule has 0 bridgehead atoms. The molecule has 1 N–H and O–H groups in total. The van der Waals surface area contributed by atoms with Gasteiger partial charge in [0.25, 0.3) is 5.91 Å². The number of hydrogen-bond acceptors (Lipinski definition) is 4. The molecule has 0 fully saturated rings. The van der Waals surface area contributed by atoms with Gasteiger partial charge in [0.05, 0.1) is 16.8 Å². The van der Waals surface area contributed by atoms with Crippen LogP contribution in [0.25, 0.3) is 0 Å². The molecule has 5 nitrogen and oxygen atoms in total. The molecule has 3 rings (SSSR count). The lowest BCUT2D eigenvalue weighted by Crippen LogP contribution is -2.17. The van der Waals surface area contributed by atoms with E-state index in [1.54, 1.807) is 48.5 Å². The van der Waals surface area contributed by atoms with Gasteiger partial charge >= 0.3 is 5.97 Å². The maximum Gasteiger partial charge on any atom is 0.345 e. The molecule has 0 unspecified atom stereocenters. The molecule has 1 amide bonds. The van der Waals surface area contributed by atoms with Gasteiger partial charge in [-0.1, -0.05) is 57.3 Å². The number of carbonyl (C=O) groups excluding carboxylic acids is 2. The Kier molecular flexibility index (Phi) is 7.04. The fourth-order valence-electron chi connectivity index (χ4n) is 2.34. The van der Waals surface area contributed by atoms with Crippen LogP contribution in [-0.2, 0) is 0 Å². The first-order chi connectivity index (χ1) is 13.9. The Balaban J connectivity index is 1.65. The second-order valence-corrected chi connectivity index (χ2v) is 7.55. The smallest absolute Gasteiger partial charge is 0.345 e. The minimum Gasteiger partial charge on any atom is -0.423 e. The topological polar surface area (TPSA) is 67.8 Å². The number of rotatable bonds is 5. The largest absolute Gasteiger partial charge is 0.423 e. The van der Waals surface area contributed by atoms with Crippen molar-refractivity contribution < 1.29 is 14.3 Å². The summed E-state index contributed by atoms with van der Waals surface area (Å²) in [6.07, 6.45) is 1.45. The predicted molar refractivity (Wildman–Crippen MR) is 117 cm³/mol. The summed E-state index contributed by atoms with van der Waals surface area (Å²) in [7, 11) is 0. The molecule has 0 saturated carbocycles. The molecule has 8 heteroatoms. The average molecular weight is 492 g/mol. The standard InChI is InChI=1S/C21H13BrCl2N2O3/c22-15-5-2-4-14(10-15)20(27)26-25-12-13-3-1-6-17(9-13)29-21(28)18-8-7-16(23)11-19(18)24/h1-12H,(H,26,27). The minimum atomic E-state index is -0.608. The first kappa shape index (κ1) is 21.0. The highest BCUT2D eigenvalue weighted by Crippen LogP contribution is 2.23. The Morgan fingerprint density at radius 3 is 2.55 bits per heavy atom. The number of hydrogen-bond donors (Lipinski definition) is 1. The molecule has 146 valence electrons. The van der Waals surface area contributed by atoms with Crippen molar-refractivity contribution in [1.29, 1.82) is 0 Å². The Morgan fingerprint density at radius 2 is 1.79 bits per heavy atom. The molecule has 0 spiro atoms. The van der Waals surface area contributed by atoms with Crippen LogP contribution >= 0.6 is 39.1 Å². The van der Waals surface area contributed by atoms with Gasteiger partial charge < -0.3 is 4.74 Å². The van der Waals surface area contributed by atoms with Gasteiger partial charge in [0, 0.05) is 15.1 Å². The van der Waals surface area contributed by atoms with Gasteiger partial charge in [0.1, 0.15) is 5.75 Å². The summed E-state index contributed by atoms with van der Waals surface area (Å²) >= 11 is 15.2. The van der Waals surface area contributed by atoms with E-state index in [0.29, 0.717) is 21.9 Å². The van der Waals surface area contributed by atoms with E-state index in [4.69, 9.17) is 27.9 Å². The van der Waals surface area contributed by atoms with E-state index in [1.807, 2.05) is 6.07 Å². The number of benzene rings is 3. The fraction of sp³-hybridized carbons (Fsp3) is 0. The maximum absolute atomic E-state index is 12.3. The van der Waals surface area contributed by atoms with E-state index in [-0.39, 0.29) is 16.5 Å². The van der Waals surface area contributed by atoms with Crippen molar-refractivity contribution in [2.24, 2.45) is 5.10 Å². The van der Waals surface area contributed by atoms with Crippen molar-refractivity contribution >= 4 is 57.2 Å². The Bertz CT molecular complexity index is 1100. The first-order valence-corrected chi connectivity index (χ1v) is 9.83. The molecule has 0 aliphatic carbocycles. The SMILES string of the molecule is O=C(NN=Cc1cccc(OC(=O)c2ccc(Cl)cc2Cl)c1)c1cccc(Br)c1. The van der Waals surface area contributed by atoms with Crippen molar-refractivity contribution in [3.63, 3.8) is 0 Å². The van der Waals surface area contributed by atoms with Crippen LogP contribution in [0.15, 0.2) is 76.3 Å². The van der Waals surface area contributed by atoms with Crippen molar-refractivity contribution in [3.8, 4) is 5.75 Å². The molecular formula is C21H13BrCl2N2O3. The van der Waals surface area contributed by atoms with Gasteiger partial charge in [-0.2, -0.15) is 5.10 Å². The van der Waals surface area contributed by atoms with Crippen molar-refractivity contribution in [2.75, 3.05) is 0 Å². The van der Waals surface area contributed by atoms with Crippen LogP contribution in [0.1, 0.15) is 26.3 Å². The highest BCUT2D eigenvalue weighted by atomic mass is 79.9. The average Bonchev–Trinajstić information content (AvgIpc) is 2.68. The zero-order valence-electron chi connectivity index (χ0n) is 14.7. The molecule has 0 heterocycles. The number of carbonyl (C=O) groups is 2. The van der Waals surface area contributed by atoms with Crippen LogP contribution in [0.5, 0.6) is 5.75 Å². The molecule has 0 atom stereocenters. The number of nitrogens with zero attached hydrogens (tertiary/aromatic N) is 1. The zero-order chi connectivity index (χ0) is 20.8. The lowest BCUT2D eigenvalue weighted by Gasteiger charge is -2.07. The normalized spacial score (nSPS) is 10.7. The third-order valence-electron chi connectivity index (χ3n) is 3.69. The van der Waals surface area contributed by atoms with Gasteiger partial charge in [-0.3, -0.25) is 4.79 Å². The van der Waals surface area contributed by atoms with Gasteiger partial charge in [-0.15, -0.1) is 0 Å². The van der Waals surface area contributed by atoms with Crippen molar-refractivity contribution in [3.05, 3.63) is 97.9 Å². The van der Waals surface area contributed by atoms with Crippen molar-refractivity contribution in [2.45, 2.75) is 0 Å². The van der Waals surface area contributed by atoms with Crippen LogP contribution in [0.4, 0.5) is 0 Å². The van der Waals surface area contributed by atoms with E-state index in [1.165, 1.54) is 18.3 Å². The summed E-state index contributed by atoms with van der Waals surface area (Å²) in [6.45, 7) is 0. The van der Waals surface area contributed by atoms with Crippen LogP contribution in [0, 0.1) is 0 Å². The van der Waals surface area contributed by atoms with Gasteiger partial charge in [-0.05, 0) is 54.1 Å². The molecular weight excluding hydrogens is 479 g/mol. The van der Waals surface area contributed by atoms with Crippen LogP contribution in [0.3, 0.4) is 0 Å². The van der Waals surface area contributed by atoms with E-state index >= 15 is 0 Å². The summed E-state index contributed by atoms with van der Waals surface area (Å²) in [5, 5.41) is 4.56. The number of hydrazone groups is 1. The lowest BCUT2D eigenvalue weighted by molar-refractivity contribution is 0.0734. The quantitative estimate of drug-likeness (QED) is 0.214. The molecule has 0 aliphatic heterocycles. The molecule has 3 aromatic rings. The lowest BCUT2D eigenvalue weighted by atomic mass is 10.2. The number of esters is 1. The first-order valence-electron chi connectivity index (χ1n) is 8.28. The highest BCUT2D eigenvalue weighted by Gasteiger charge is 2.13. The number of nitrogens with one attached hydrogen (secondary N) is 1. The van der Waals surface area contributed by atoms with Crippen molar-refractivity contribution in [1.82, 2.24) is 5.43 Å². The highest BCUT2D eigenvalue weighted by molar-refractivity contribution is 9.10. The Labute approximate surface area is 185 Å². The van der Waals surface area contributed by atoms with E-state index < -0.39 is 5.97 Å². The fourth-order valence-corrected chi connectivity index (χ4v) is 3.22. The number of halogens is 3. The van der Waals surface area contributed by atoms with Gasteiger partial charge in [0.2, 0.25) is 0 Å². The molecule has 0 aromatic heterocycles. The van der Waals surface area contributed by atoms with Crippen LogP contribution in [0.2, 0.25) is 10.0 Å². The van der Waals surface area contributed by atoms with E-state index in [0.717, 1.165) is 4.47 Å². The summed E-state index contributed by atoms with van der Waals surface area (Å²) in [6, 6.07) is 18.1. The minimum absolute atomic E-state index is 0.204. The molecule has 0 aliphatic rings. The van der Waals surface area contributed by atoms with Crippen LogP contribution in [-0.4, -0.2) is 18.1 Å². The van der Waals surface area contributed by atoms with E-state index in [2.05, 4.69) is 26.5 Å². The predicted octanol–water partition coefficient (Wildman–Crippen LogP) is 5.74. The molecule has 29 heavy (non-hydrogen) atoms. The number of amides is 1. The Morgan fingerprint density at radius 1 is 1.00 bits per heavy atom. The van der Waals surface area contributed by atoms with Gasteiger partial charge in [0.15, 0.2) is 0 Å². The maximum atomic E-state index is 12.3. The van der Waals surface area contributed by atoms with Gasteiger partial charge in [-0.25, -0.2) is 10.2 Å². The summed E-state index contributed by atoms with van der Waals surface area (Å²) in [4.78, 5) is 24.4. The summed E-state index contributed by atoms with van der Waals surface area (Å²) in [5.41, 5.74) is 3.75. The summed E-state index contributed by atoms with van der Waals surface area (Å²) < 4.78 is 6.15. The zero-order valence-corrected chi connectivity index (χ0v) is 17.8. The molecule has 3 aromatic carbocycles. The number of ether oxygens (including phenoxy) is 1. The second kappa shape index (κ2) is 9.69. The third-order valence-corrected chi connectivity index (χ3v) is 4.73.